The van der Waals surface area contributed by atoms with E-state index in [1.165, 1.54) is 0 Å². The highest BCUT2D eigenvalue weighted by Gasteiger charge is 2.06. The second kappa shape index (κ2) is 11.9. The van der Waals surface area contributed by atoms with Gasteiger partial charge in [-0.2, -0.15) is 0 Å². The Kier molecular flexibility index (Phi) is 9.63. The van der Waals surface area contributed by atoms with Crippen LogP contribution in [0.3, 0.4) is 0 Å². The molecule has 0 aliphatic carbocycles. The molecule has 29 heavy (non-hydrogen) atoms. The summed E-state index contributed by atoms with van der Waals surface area (Å²) in [5, 5.41) is 3.93. The lowest BCUT2D eigenvalue weighted by atomic mass is 10.2. The molecule has 2 rings (SSSR count). The van der Waals surface area contributed by atoms with Crippen LogP contribution in [-0.4, -0.2) is 37.0 Å². The van der Waals surface area contributed by atoms with E-state index in [9.17, 15) is 4.79 Å². The van der Waals surface area contributed by atoms with E-state index in [-0.39, 0.29) is 0 Å². The highest BCUT2D eigenvalue weighted by molar-refractivity contribution is 6.35. The first-order valence-corrected chi connectivity index (χ1v) is 10.5. The predicted octanol–water partition coefficient (Wildman–Crippen LogP) is 5.75. The first-order valence-electron chi connectivity index (χ1n) is 9.35. The number of halogens is 3. The van der Waals surface area contributed by atoms with Crippen molar-refractivity contribution in [3.05, 3.63) is 57.0 Å². The van der Waals surface area contributed by atoms with E-state index in [0.717, 1.165) is 26.1 Å². The first kappa shape index (κ1) is 23.4. The van der Waals surface area contributed by atoms with Crippen LogP contribution in [0.15, 0.2) is 36.4 Å². The lowest BCUT2D eigenvalue weighted by Gasteiger charge is -2.17. The van der Waals surface area contributed by atoms with Crippen LogP contribution in [0.5, 0.6) is 5.75 Å². The van der Waals surface area contributed by atoms with Gasteiger partial charge in [0.1, 0.15) is 5.75 Å². The fourth-order valence-corrected chi connectivity index (χ4v) is 3.25. The van der Waals surface area contributed by atoms with E-state index in [1.807, 2.05) is 0 Å². The minimum absolute atomic E-state index is 0.380. The van der Waals surface area contributed by atoms with Crippen molar-refractivity contribution < 1.29 is 9.53 Å². The molecule has 0 radical (unpaired) electrons. The molecule has 4 nitrogen and oxygen atoms in total. The van der Waals surface area contributed by atoms with Gasteiger partial charge in [-0.05, 0) is 49.8 Å². The SMILES string of the molecule is CCN(CC)CCCOc1ccc(NC(=O)C#Cc2ccc(Cl)cc2Cl)c(Cl)c1. The van der Waals surface area contributed by atoms with Crippen molar-refractivity contribution in [2.75, 3.05) is 31.6 Å². The Bertz CT molecular complexity index is 903. The zero-order valence-electron chi connectivity index (χ0n) is 16.4. The molecule has 0 fully saturated rings. The Labute approximate surface area is 187 Å². The number of rotatable bonds is 8. The Hall–Kier alpha value is -1.90. The van der Waals surface area contributed by atoms with Crippen LogP contribution < -0.4 is 10.1 Å². The fourth-order valence-electron chi connectivity index (χ4n) is 2.57. The summed E-state index contributed by atoms with van der Waals surface area (Å²) in [6, 6.07) is 10.0. The van der Waals surface area contributed by atoms with Crippen molar-refractivity contribution in [3.63, 3.8) is 0 Å². The Balaban J connectivity index is 1.90. The number of nitrogens with one attached hydrogen (secondary N) is 1. The highest BCUT2D eigenvalue weighted by Crippen LogP contribution is 2.27. The third-order valence-electron chi connectivity index (χ3n) is 4.21. The summed E-state index contributed by atoms with van der Waals surface area (Å²) in [5.41, 5.74) is 0.981. The summed E-state index contributed by atoms with van der Waals surface area (Å²) in [4.78, 5) is 14.4. The van der Waals surface area contributed by atoms with Gasteiger partial charge in [-0.15, -0.1) is 0 Å². The Morgan fingerprint density at radius 1 is 1.07 bits per heavy atom. The molecule has 1 N–H and O–H groups in total. The van der Waals surface area contributed by atoms with E-state index in [4.69, 9.17) is 39.5 Å². The molecular weight excluding hydrogens is 431 g/mol. The van der Waals surface area contributed by atoms with Gasteiger partial charge in [-0.25, -0.2) is 0 Å². The number of anilines is 1. The summed E-state index contributed by atoms with van der Waals surface area (Å²) < 4.78 is 5.74. The standard InChI is InChI=1S/C22H23Cl3N2O2/c1-3-27(4-2)12-5-13-29-18-9-10-21(20(25)15-18)26-22(28)11-7-16-6-8-17(23)14-19(16)24/h6,8-10,14-15H,3-5,12-13H2,1-2H3,(H,26,28). The third kappa shape index (κ3) is 7.79. The predicted molar refractivity (Wildman–Crippen MR) is 121 cm³/mol. The molecular formula is C22H23Cl3N2O2. The summed E-state index contributed by atoms with van der Waals surface area (Å²) in [6.45, 7) is 7.95. The number of carbonyl (C=O) groups excluding carboxylic acids is 1. The van der Waals surface area contributed by atoms with E-state index in [0.29, 0.717) is 38.7 Å². The van der Waals surface area contributed by atoms with E-state index < -0.39 is 5.91 Å². The second-order valence-corrected chi connectivity index (χ2v) is 7.45. The zero-order chi connectivity index (χ0) is 21.2. The molecule has 0 aliphatic rings. The van der Waals surface area contributed by atoms with Gasteiger partial charge >= 0.3 is 5.91 Å². The van der Waals surface area contributed by atoms with Gasteiger partial charge in [-0.1, -0.05) is 54.6 Å². The Morgan fingerprint density at radius 2 is 1.83 bits per heavy atom. The maximum atomic E-state index is 12.1. The van der Waals surface area contributed by atoms with Crippen LogP contribution in [0.25, 0.3) is 0 Å². The third-order valence-corrected chi connectivity index (χ3v) is 5.07. The molecule has 2 aromatic rings. The van der Waals surface area contributed by atoms with Gasteiger partial charge in [0.15, 0.2) is 0 Å². The molecule has 7 heteroatoms. The number of hydrogen-bond donors (Lipinski definition) is 1. The van der Waals surface area contributed by atoms with Crippen LogP contribution in [0.1, 0.15) is 25.8 Å². The average molecular weight is 454 g/mol. The minimum Gasteiger partial charge on any atom is -0.493 e. The molecule has 0 spiro atoms. The van der Waals surface area contributed by atoms with Crippen LogP contribution in [0.4, 0.5) is 5.69 Å². The number of nitrogens with zero attached hydrogens (tertiary/aromatic N) is 1. The molecule has 0 saturated heterocycles. The van der Waals surface area contributed by atoms with Crippen LogP contribution in [-0.2, 0) is 4.79 Å². The highest BCUT2D eigenvalue weighted by atomic mass is 35.5. The van der Waals surface area contributed by atoms with Crippen molar-refractivity contribution in [2.45, 2.75) is 20.3 Å². The topological polar surface area (TPSA) is 41.6 Å². The molecule has 2 aromatic carbocycles. The maximum Gasteiger partial charge on any atom is 0.300 e. The number of benzene rings is 2. The monoisotopic (exact) mass is 452 g/mol. The van der Waals surface area contributed by atoms with Crippen LogP contribution in [0, 0.1) is 11.8 Å². The maximum absolute atomic E-state index is 12.1. The van der Waals surface area contributed by atoms with Crippen molar-refractivity contribution in [1.82, 2.24) is 4.90 Å². The molecule has 0 aromatic heterocycles. The van der Waals surface area contributed by atoms with Crippen molar-refractivity contribution in [2.24, 2.45) is 0 Å². The molecule has 154 valence electrons. The largest absolute Gasteiger partial charge is 0.493 e. The van der Waals surface area contributed by atoms with Gasteiger partial charge in [0.05, 0.1) is 22.3 Å². The fraction of sp³-hybridized carbons (Fsp3) is 0.318. The molecule has 0 aliphatic heterocycles. The molecule has 1 amide bonds. The molecule has 0 saturated carbocycles. The van der Waals surface area contributed by atoms with Crippen molar-refractivity contribution >= 4 is 46.4 Å². The smallest absolute Gasteiger partial charge is 0.300 e. The number of amides is 1. The van der Waals surface area contributed by atoms with Crippen molar-refractivity contribution in [1.29, 1.82) is 0 Å². The molecule has 0 heterocycles. The van der Waals surface area contributed by atoms with Crippen LogP contribution >= 0.6 is 34.8 Å². The van der Waals surface area contributed by atoms with Gasteiger partial charge in [-0.3, -0.25) is 4.79 Å². The minimum atomic E-state index is -0.495. The van der Waals surface area contributed by atoms with Gasteiger partial charge in [0.2, 0.25) is 0 Å². The number of ether oxygens (including phenoxy) is 1. The summed E-state index contributed by atoms with van der Waals surface area (Å²) in [6.07, 6.45) is 0.931. The second-order valence-electron chi connectivity index (χ2n) is 6.20. The average Bonchev–Trinajstić information content (AvgIpc) is 2.69. The van der Waals surface area contributed by atoms with Gasteiger partial charge in [0.25, 0.3) is 0 Å². The molecule has 0 bridgehead atoms. The van der Waals surface area contributed by atoms with Gasteiger partial charge < -0.3 is 15.0 Å². The normalized spacial score (nSPS) is 10.4. The van der Waals surface area contributed by atoms with Gasteiger partial charge in [0, 0.05) is 29.1 Å². The van der Waals surface area contributed by atoms with E-state index >= 15 is 0 Å². The summed E-state index contributed by atoms with van der Waals surface area (Å²) >= 11 is 18.1. The first-order chi connectivity index (χ1) is 13.9. The number of hydrogen-bond acceptors (Lipinski definition) is 3. The van der Waals surface area contributed by atoms with Crippen molar-refractivity contribution in [3.8, 4) is 17.6 Å². The Morgan fingerprint density at radius 3 is 2.48 bits per heavy atom. The van der Waals surface area contributed by atoms with E-state index in [2.05, 4.69) is 35.9 Å². The summed E-state index contributed by atoms with van der Waals surface area (Å²) in [5.74, 6) is 5.37. The molecule has 0 atom stereocenters. The number of carbonyl (C=O) groups is 1. The quantitative estimate of drug-likeness (QED) is 0.409. The molecule has 0 unspecified atom stereocenters. The van der Waals surface area contributed by atoms with Crippen LogP contribution in [0.2, 0.25) is 15.1 Å². The lowest BCUT2D eigenvalue weighted by Crippen LogP contribution is -2.25. The van der Waals surface area contributed by atoms with E-state index in [1.54, 1.807) is 36.4 Å². The zero-order valence-corrected chi connectivity index (χ0v) is 18.7. The lowest BCUT2D eigenvalue weighted by molar-refractivity contribution is -0.111. The summed E-state index contributed by atoms with van der Waals surface area (Å²) in [7, 11) is 0.